The van der Waals surface area contributed by atoms with Crippen molar-refractivity contribution in [3.8, 4) is 0 Å². The molecule has 6 nitrogen and oxygen atoms in total. The quantitative estimate of drug-likeness (QED) is 0.801. The number of carbonyl (C=O) groups is 2. The highest BCUT2D eigenvalue weighted by Gasteiger charge is 2.10. The van der Waals surface area contributed by atoms with Crippen LogP contribution in [0.25, 0.3) is 0 Å². The lowest BCUT2D eigenvalue weighted by Crippen LogP contribution is -2.05. The zero-order chi connectivity index (χ0) is 15.4. The maximum atomic E-state index is 11.0. The van der Waals surface area contributed by atoms with Crippen LogP contribution in [0.2, 0.25) is 0 Å². The summed E-state index contributed by atoms with van der Waals surface area (Å²) in [5.74, 6) is -1.22. The molecule has 7 heteroatoms. The Morgan fingerprint density at radius 2 is 1.95 bits per heavy atom. The van der Waals surface area contributed by atoms with E-state index in [9.17, 15) is 9.59 Å². The first-order valence-electron chi connectivity index (χ1n) is 6.00. The van der Waals surface area contributed by atoms with Gasteiger partial charge in [-0.25, -0.2) is 9.78 Å². The van der Waals surface area contributed by atoms with Crippen LogP contribution in [0.5, 0.6) is 0 Å². The second-order valence-corrected chi connectivity index (χ2v) is 5.32. The number of hydrogen-bond donors (Lipinski definition) is 3. The molecule has 0 aliphatic rings. The van der Waals surface area contributed by atoms with Crippen molar-refractivity contribution < 1.29 is 14.7 Å². The number of carbonyl (C=O) groups excluding carboxylic acids is 1. The van der Waals surface area contributed by atoms with E-state index in [1.54, 1.807) is 12.1 Å². The minimum absolute atomic E-state index is 0.0300. The van der Waals surface area contributed by atoms with E-state index in [-0.39, 0.29) is 17.2 Å². The fraction of sp³-hybridized carbons (Fsp3) is 0.0714. The number of amides is 1. The number of nitrogens with two attached hydrogens (primary N) is 1. The first-order valence-corrected chi connectivity index (χ1v) is 6.81. The van der Waals surface area contributed by atoms with Crippen LogP contribution in [0.15, 0.2) is 46.5 Å². The average molecular weight is 303 g/mol. The second kappa shape index (κ2) is 6.27. The van der Waals surface area contributed by atoms with Crippen LogP contribution < -0.4 is 11.1 Å². The van der Waals surface area contributed by atoms with Gasteiger partial charge in [-0.3, -0.25) is 4.79 Å². The van der Waals surface area contributed by atoms with Gasteiger partial charge in [0.2, 0.25) is 5.91 Å². The van der Waals surface area contributed by atoms with E-state index in [1.165, 1.54) is 30.9 Å². The molecule has 0 atom stereocenters. The SMILES string of the molecule is CC(=O)Nc1ccc(Sc2cc(C(=O)O)c(N)cn2)cc1. The third-order valence-electron chi connectivity index (χ3n) is 2.54. The summed E-state index contributed by atoms with van der Waals surface area (Å²) in [5, 5.41) is 12.2. The van der Waals surface area contributed by atoms with Gasteiger partial charge in [-0.2, -0.15) is 0 Å². The summed E-state index contributed by atoms with van der Waals surface area (Å²) in [6, 6.07) is 8.59. The predicted molar refractivity (Wildman–Crippen MR) is 80.5 cm³/mol. The molecule has 0 saturated heterocycles. The van der Waals surface area contributed by atoms with Gasteiger partial charge in [0, 0.05) is 17.5 Å². The van der Waals surface area contributed by atoms with Crippen LogP contribution in [0.4, 0.5) is 11.4 Å². The molecule has 0 aliphatic heterocycles. The van der Waals surface area contributed by atoms with Gasteiger partial charge >= 0.3 is 5.97 Å². The van der Waals surface area contributed by atoms with E-state index >= 15 is 0 Å². The summed E-state index contributed by atoms with van der Waals surface area (Å²) in [4.78, 5) is 26.9. The van der Waals surface area contributed by atoms with Crippen LogP contribution in [0.3, 0.4) is 0 Å². The number of nitrogens with one attached hydrogen (secondary N) is 1. The molecular weight excluding hydrogens is 290 g/mol. The Labute approximate surface area is 125 Å². The Balaban J connectivity index is 2.16. The molecule has 0 aliphatic carbocycles. The summed E-state index contributed by atoms with van der Waals surface area (Å²) < 4.78 is 0. The summed E-state index contributed by atoms with van der Waals surface area (Å²) in [6.45, 7) is 1.44. The van der Waals surface area contributed by atoms with E-state index < -0.39 is 5.97 Å². The van der Waals surface area contributed by atoms with E-state index in [4.69, 9.17) is 10.8 Å². The van der Waals surface area contributed by atoms with Crippen LogP contribution in [-0.2, 0) is 4.79 Å². The Hall–Kier alpha value is -2.54. The van der Waals surface area contributed by atoms with Gasteiger partial charge in [-0.05, 0) is 30.3 Å². The van der Waals surface area contributed by atoms with Gasteiger partial charge in [-0.1, -0.05) is 11.8 Å². The summed E-state index contributed by atoms with van der Waals surface area (Å²) >= 11 is 1.31. The number of nitrogens with zero attached hydrogens (tertiary/aromatic N) is 1. The van der Waals surface area contributed by atoms with Crippen LogP contribution >= 0.6 is 11.8 Å². The van der Waals surface area contributed by atoms with Crippen molar-refractivity contribution in [3.05, 3.63) is 42.1 Å². The van der Waals surface area contributed by atoms with Crippen LogP contribution in [0, 0.1) is 0 Å². The third kappa shape index (κ3) is 3.96. The first-order chi connectivity index (χ1) is 9.95. The number of hydrogen-bond acceptors (Lipinski definition) is 5. The fourth-order valence-electron chi connectivity index (χ4n) is 1.62. The number of benzene rings is 1. The standard InChI is InChI=1S/C14H13N3O3S/c1-8(18)17-9-2-4-10(5-3-9)21-13-6-11(14(19)20)12(15)7-16-13/h2-7H,15H2,1H3,(H,17,18)(H,19,20). The smallest absolute Gasteiger partial charge is 0.337 e. The van der Waals surface area contributed by atoms with Crippen molar-refractivity contribution in [2.75, 3.05) is 11.1 Å². The van der Waals surface area contributed by atoms with Crippen molar-refractivity contribution >= 4 is 35.0 Å². The molecular formula is C14H13N3O3S. The second-order valence-electron chi connectivity index (χ2n) is 4.22. The average Bonchev–Trinajstić information content (AvgIpc) is 2.42. The largest absolute Gasteiger partial charge is 0.478 e. The normalized spacial score (nSPS) is 10.1. The molecule has 21 heavy (non-hydrogen) atoms. The highest BCUT2D eigenvalue weighted by Crippen LogP contribution is 2.28. The van der Waals surface area contributed by atoms with E-state index in [0.29, 0.717) is 10.7 Å². The van der Waals surface area contributed by atoms with Gasteiger partial charge in [0.1, 0.15) is 5.03 Å². The van der Waals surface area contributed by atoms with Crippen LogP contribution in [-0.4, -0.2) is 22.0 Å². The van der Waals surface area contributed by atoms with E-state index in [0.717, 1.165) is 4.90 Å². The third-order valence-corrected chi connectivity index (χ3v) is 3.48. The van der Waals surface area contributed by atoms with Crippen molar-refractivity contribution in [2.24, 2.45) is 0 Å². The van der Waals surface area contributed by atoms with Crippen molar-refractivity contribution in [1.29, 1.82) is 0 Å². The number of nitrogen functional groups attached to an aromatic ring is 1. The lowest BCUT2D eigenvalue weighted by molar-refractivity contribution is -0.114. The molecule has 108 valence electrons. The Kier molecular flexibility index (Phi) is 4.44. The minimum Gasteiger partial charge on any atom is -0.478 e. The summed E-state index contributed by atoms with van der Waals surface area (Å²) in [5.41, 5.74) is 6.42. The maximum Gasteiger partial charge on any atom is 0.337 e. The molecule has 1 aromatic heterocycles. The molecule has 1 heterocycles. The lowest BCUT2D eigenvalue weighted by Gasteiger charge is -2.06. The number of carboxylic acids is 1. The molecule has 0 saturated carbocycles. The fourth-order valence-corrected chi connectivity index (χ4v) is 2.41. The molecule has 0 unspecified atom stereocenters. The van der Waals surface area contributed by atoms with Crippen LogP contribution in [0.1, 0.15) is 17.3 Å². The van der Waals surface area contributed by atoms with Gasteiger partial charge in [0.25, 0.3) is 0 Å². The minimum atomic E-state index is -1.09. The molecule has 2 rings (SSSR count). The Bertz CT molecular complexity index is 686. The number of pyridine rings is 1. The zero-order valence-electron chi connectivity index (χ0n) is 11.2. The van der Waals surface area contributed by atoms with Crippen molar-refractivity contribution in [3.63, 3.8) is 0 Å². The summed E-state index contributed by atoms with van der Waals surface area (Å²) in [7, 11) is 0. The number of anilines is 2. The summed E-state index contributed by atoms with van der Waals surface area (Å²) in [6.07, 6.45) is 1.33. The Morgan fingerprint density at radius 1 is 1.29 bits per heavy atom. The van der Waals surface area contributed by atoms with Crippen molar-refractivity contribution in [1.82, 2.24) is 4.98 Å². The predicted octanol–water partition coefficient (Wildman–Crippen LogP) is 2.47. The number of aromatic nitrogens is 1. The molecule has 0 fully saturated rings. The maximum absolute atomic E-state index is 11.0. The van der Waals surface area contributed by atoms with E-state index in [1.807, 2.05) is 12.1 Å². The lowest BCUT2D eigenvalue weighted by atomic mass is 10.2. The van der Waals surface area contributed by atoms with Gasteiger partial charge in [-0.15, -0.1) is 0 Å². The van der Waals surface area contributed by atoms with Gasteiger partial charge < -0.3 is 16.2 Å². The number of carboxylic acid groups (broad SMARTS) is 1. The molecule has 0 bridgehead atoms. The molecule has 2 aromatic rings. The van der Waals surface area contributed by atoms with Gasteiger partial charge in [0.05, 0.1) is 17.4 Å². The molecule has 4 N–H and O–H groups in total. The zero-order valence-corrected chi connectivity index (χ0v) is 12.0. The van der Waals surface area contributed by atoms with Gasteiger partial charge in [0.15, 0.2) is 0 Å². The highest BCUT2D eigenvalue weighted by molar-refractivity contribution is 7.99. The molecule has 0 spiro atoms. The topological polar surface area (TPSA) is 105 Å². The Morgan fingerprint density at radius 3 is 2.52 bits per heavy atom. The number of aromatic carboxylic acids is 1. The molecule has 1 aromatic carbocycles. The highest BCUT2D eigenvalue weighted by atomic mass is 32.2. The first kappa shape index (κ1) is 14.9. The number of rotatable bonds is 4. The molecule has 0 radical (unpaired) electrons. The molecule has 1 amide bonds. The van der Waals surface area contributed by atoms with E-state index in [2.05, 4.69) is 10.3 Å². The van der Waals surface area contributed by atoms with Crippen molar-refractivity contribution in [2.45, 2.75) is 16.8 Å². The monoisotopic (exact) mass is 303 g/mol.